The van der Waals surface area contributed by atoms with E-state index in [-0.39, 0.29) is 0 Å². The molecule has 0 aromatic rings. The fraction of sp³-hybridized carbons (Fsp3) is 1.00. The Balaban J connectivity index is 0. The Hall–Kier alpha value is 0.710. The summed E-state index contributed by atoms with van der Waals surface area (Å²) in [6.07, 6.45) is 20.5. The average molecular weight is 486 g/mol. The Labute approximate surface area is 190 Å². The number of unbranched alkanes of at least 4 members (excludes halogenated alkanes) is 13. The van der Waals surface area contributed by atoms with Crippen LogP contribution in [0, 0.1) is 0 Å². The van der Waals surface area contributed by atoms with Gasteiger partial charge in [-0.05, 0) is 45.0 Å². The minimum Gasteiger partial charge on any atom is -0.368 e. The number of aliphatic hydroxyl groups is 1. The zero-order valence-electron chi connectivity index (χ0n) is 18.8. The van der Waals surface area contributed by atoms with E-state index in [1.165, 1.54) is 83.5 Å². The fourth-order valence-corrected chi connectivity index (χ4v) is 3.42. The van der Waals surface area contributed by atoms with Gasteiger partial charge in [0.1, 0.15) is 0 Å². The number of rotatable bonds is 21. The number of aliphatic hydroxyl groups excluding tert-OH is 1. The van der Waals surface area contributed by atoms with Gasteiger partial charge in [0.05, 0.1) is 6.61 Å². The van der Waals surface area contributed by atoms with Crippen LogP contribution in [0.3, 0.4) is 0 Å². The van der Waals surface area contributed by atoms with Crippen LogP contribution in [-0.2, 0) is 8.92 Å². The molecule has 5 heteroatoms. The van der Waals surface area contributed by atoms with Crippen LogP contribution >= 0.6 is 28.8 Å². The van der Waals surface area contributed by atoms with Crippen molar-refractivity contribution in [3.05, 3.63) is 0 Å². The van der Waals surface area contributed by atoms with E-state index < -0.39 is 6.29 Å². The van der Waals surface area contributed by atoms with Crippen molar-refractivity contribution in [2.75, 3.05) is 18.5 Å². The van der Waals surface area contributed by atoms with Gasteiger partial charge >= 0.3 is 0 Å². The lowest BCUT2D eigenvalue weighted by molar-refractivity contribution is -0.105. The quantitative estimate of drug-likeness (QED) is 0.0565. The first kappa shape index (κ1) is 30.9. The predicted octanol–water partition coefficient (Wildman–Crippen LogP) is 8.24. The molecular formula is C23H49BrO3S. The van der Waals surface area contributed by atoms with Crippen LogP contribution in [0.5, 0.6) is 0 Å². The molecule has 0 fully saturated rings. The van der Waals surface area contributed by atoms with Gasteiger partial charge in [0.25, 0.3) is 0 Å². The second-order valence-corrected chi connectivity index (χ2v) is 8.64. The third-order valence-corrected chi connectivity index (χ3v) is 5.48. The molecule has 0 saturated carbocycles. The second-order valence-electron chi connectivity index (χ2n) is 7.59. The largest absolute Gasteiger partial charge is 0.368 e. The van der Waals surface area contributed by atoms with E-state index in [4.69, 9.17) is 4.74 Å². The maximum absolute atomic E-state index is 9.66. The molecule has 28 heavy (non-hydrogen) atoms. The molecule has 0 radical (unpaired) electrons. The van der Waals surface area contributed by atoms with E-state index in [0.29, 0.717) is 0 Å². The molecule has 0 aliphatic heterocycles. The van der Waals surface area contributed by atoms with E-state index in [1.807, 2.05) is 0 Å². The third kappa shape index (κ3) is 31.4. The average Bonchev–Trinajstić information content (AvgIpc) is 2.70. The smallest absolute Gasteiger partial charge is 0.154 e. The zero-order chi connectivity index (χ0) is 21.1. The highest BCUT2D eigenvalue weighted by molar-refractivity contribution is 9.09. The minimum atomic E-state index is -0.526. The lowest BCUT2D eigenvalue weighted by atomic mass is 10.1. The highest BCUT2D eigenvalue weighted by Crippen LogP contribution is 2.10. The lowest BCUT2D eigenvalue weighted by Gasteiger charge is -2.11. The molecule has 0 rings (SSSR count). The van der Waals surface area contributed by atoms with Gasteiger partial charge in [0.15, 0.2) is 6.29 Å². The first-order valence-electron chi connectivity index (χ1n) is 11.8. The molecule has 0 aliphatic rings. The van der Waals surface area contributed by atoms with E-state index in [0.717, 1.165) is 44.2 Å². The summed E-state index contributed by atoms with van der Waals surface area (Å²) in [5.41, 5.74) is 0. The van der Waals surface area contributed by atoms with Crippen LogP contribution < -0.4 is 0 Å². The summed E-state index contributed by atoms with van der Waals surface area (Å²) in [5, 5.41) is 10.8. The molecule has 0 heterocycles. The molecule has 172 valence electrons. The SMILES string of the molecule is CCCCCCCCCOC(O)CCCCCCC.SOCCCCCCBr. The Morgan fingerprint density at radius 1 is 0.679 bits per heavy atom. The molecule has 0 aromatic heterocycles. The predicted molar refractivity (Wildman–Crippen MR) is 131 cm³/mol. The van der Waals surface area contributed by atoms with Crippen molar-refractivity contribution < 1.29 is 14.0 Å². The van der Waals surface area contributed by atoms with Crippen molar-refractivity contribution in [2.45, 2.75) is 129 Å². The van der Waals surface area contributed by atoms with E-state index in [9.17, 15) is 5.11 Å². The molecule has 3 nitrogen and oxygen atoms in total. The molecule has 0 amide bonds. The van der Waals surface area contributed by atoms with E-state index in [1.54, 1.807) is 0 Å². The molecule has 0 aromatic carbocycles. The standard InChI is InChI=1S/C17H36O2.C6H13BrOS/c1-3-5-7-9-10-12-14-16-19-17(18)15-13-11-8-6-4-2;7-5-3-1-2-4-6-8-9/h17-18H,3-16H2,1-2H3;9H,1-6H2. The van der Waals surface area contributed by atoms with Crippen LogP contribution in [0.25, 0.3) is 0 Å². The van der Waals surface area contributed by atoms with Crippen LogP contribution in [-0.4, -0.2) is 29.9 Å². The minimum absolute atomic E-state index is 0.526. The van der Waals surface area contributed by atoms with Gasteiger partial charge in [-0.25, -0.2) is 0 Å². The molecule has 1 N–H and O–H groups in total. The Kier molecular flexibility index (Phi) is 33.0. The van der Waals surface area contributed by atoms with Gasteiger partial charge in [-0.1, -0.05) is 107 Å². The molecule has 0 bridgehead atoms. The van der Waals surface area contributed by atoms with E-state index in [2.05, 4.69) is 46.9 Å². The Morgan fingerprint density at radius 3 is 1.68 bits per heavy atom. The second kappa shape index (κ2) is 29.9. The van der Waals surface area contributed by atoms with E-state index >= 15 is 0 Å². The van der Waals surface area contributed by atoms with Crippen molar-refractivity contribution >= 4 is 28.8 Å². The number of alkyl halides is 1. The van der Waals surface area contributed by atoms with Crippen molar-refractivity contribution in [3.63, 3.8) is 0 Å². The van der Waals surface area contributed by atoms with Gasteiger partial charge in [-0.3, -0.25) is 0 Å². The summed E-state index contributed by atoms with van der Waals surface area (Å²) >= 11 is 7.01. The van der Waals surface area contributed by atoms with Gasteiger partial charge < -0.3 is 14.0 Å². The van der Waals surface area contributed by atoms with Gasteiger partial charge in [0.2, 0.25) is 0 Å². The molecule has 1 atom stereocenters. The van der Waals surface area contributed by atoms with Crippen molar-refractivity contribution in [1.29, 1.82) is 0 Å². The molecule has 0 spiro atoms. The summed E-state index contributed by atoms with van der Waals surface area (Å²) in [5.74, 6) is 0. The monoisotopic (exact) mass is 484 g/mol. The number of hydrogen-bond acceptors (Lipinski definition) is 4. The van der Waals surface area contributed by atoms with Crippen LogP contribution in [0.1, 0.15) is 123 Å². The van der Waals surface area contributed by atoms with Crippen molar-refractivity contribution in [1.82, 2.24) is 0 Å². The molecule has 0 aliphatic carbocycles. The van der Waals surface area contributed by atoms with Crippen molar-refractivity contribution in [3.8, 4) is 0 Å². The summed E-state index contributed by atoms with van der Waals surface area (Å²) in [4.78, 5) is 0. The first-order valence-corrected chi connectivity index (χ1v) is 13.3. The van der Waals surface area contributed by atoms with Gasteiger partial charge in [-0.2, -0.15) is 0 Å². The number of ether oxygens (including phenoxy) is 1. The van der Waals surface area contributed by atoms with Crippen molar-refractivity contribution in [2.24, 2.45) is 0 Å². The highest BCUT2D eigenvalue weighted by Gasteiger charge is 2.03. The molecule has 0 saturated heterocycles. The molecular weight excluding hydrogens is 436 g/mol. The topological polar surface area (TPSA) is 38.7 Å². The lowest BCUT2D eigenvalue weighted by Crippen LogP contribution is -2.12. The summed E-state index contributed by atoms with van der Waals surface area (Å²) in [6.45, 7) is 5.98. The maximum Gasteiger partial charge on any atom is 0.154 e. The summed E-state index contributed by atoms with van der Waals surface area (Å²) in [6, 6.07) is 0. The van der Waals surface area contributed by atoms with Gasteiger partial charge in [0, 0.05) is 11.9 Å². The summed E-state index contributed by atoms with van der Waals surface area (Å²) < 4.78 is 10.0. The normalized spacial score (nSPS) is 11.9. The van der Waals surface area contributed by atoms with Crippen LogP contribution in [0.2, 0.25) is 0 Å². The number of halogens is 1. The third-order valence-electron chi connectivity index (χ3n) is 4.73. The number of thiol groups is 1. The highest BCUT2D eigenvalue weighted by atomic mass is 79.9. The maximum atomic E-state index is 9.66. The van der Waals surface area contributed by atoms with Crippen LogP contribution in [0.4, 0.5) is 0 Å². The first-order chi connectivity index (χ1) is 13.7. The fourth-order valence-electron chi connectivity index (χ4n) is 2.90. The Bertz CT molecular complexity index is 252. The number of hydrogen-bond donors (Lipinski definition) is 2. The van der Waals surface area contributed by atoms with Crippen LogP contribution in [0.15, 0.2) is 0 Å². The molecule has 1 unspecified atom stereocenters. The summed E-state index contributed by atoms with van der Waals surface area (Å²) in [7, 11) is 0. The van der Waals surface area contributed by atoms with Gasteiger partial charge in [-0.15, -0.1) is 0 Å². The Morgan fingerprint density at radius 2 is 1.14 bits per heavy atom. The zero-order valence-corrected chi connectivity index (χ0v) is 21.3.